The fourth-order valence-corrected chi connectivity index (χ4v) is 4.74. The molecule has 0 amide bonds. The highest BCUT2D eigenvalue weighted by Gasteiger charge is 2.30. The van der Waals surface area contributed by atoms with Crippen LogP contribution in [0.2, 0.25) is 0 Å². The van der Waals surface area contributed by atoms with E-state index in [1.54, 1.807) is 6.20 Å². The molecule has 0 radical (unpaired) electrons. The fourth-order valence-electron chi connectivity index (χ4n) is 4.74. The van der Waals surface area contributed by atoms with Gasteiger partial charge in [-0.15, -0.1) is 5.10 Å². The van der Waals surface area contributed by atoms with Crippen molar-refractivity contribution >= 4 is 23.3 Å². The Bertz CT molecular complexity index is 1080. The molecule has 4 rings (SSSR count). The largest absolute Gasteiger partial charge is 0.469 e. The van der Waals surface area contributed by atoms with Crippen molar-refractivity contribution in [2.75, 3.05) is 7.11 Å². The highest BCUT2D eigenvalue weighted by molar-refractivity contribution is 5.92. The van der Waals surface area contributed by atoms with Crippen molar-refractivity contribution in [3.63, 3.8) is 0 Å². The van der Waals surface area contributed by atoms with E-state index in [0.717, 1.165) is 35.6 Å². The third-order valence-corrected chi connectivity index (χ3v) is 6.40. The number of esters is 1. The van der Waals surface area contributed by atoms with E-state index < -0.39 is 5.41 Å². The van der Waals surface area contributed by atoms with Crippen LogP contribution in [0.25, 0.3) is 22.2 Å². The van der Waals surface area contributed by atoms with Gasteiger partial charge < -0.3 is 14.1 Å². The summed E-state index contributed by atoms with van der Waals surface area (Å²) in [6, 6.07) is 2.09. The first-order valence-corrected chi connectivity index (χ1v) is 10.8. The molecule has 1 unspecified atom stereocenters. The number of nitrogens with zero attached hydrogens (tertiary/aromatic N) is 5. The molecular formula is C23H29N5O3. The smallest absolute Gasteiger partial charge is 0.313 e. The summed E-state index contributed by atoms with van der Waals surface area (Å²) < 4.78 is 8.81. The van der Waals surface area contributed by atoms with Crippen molar-refractivity contribution in [3.05, 3.63) is 30.9 Å². The number of hydrogen-bond donors (Lipinski definition) is 0. The number of aldehydes is 1. The minimum Gasteiger partial charge on any atom is -0.469 e. The number of fused-ring (bicyclic) bond motifs is 1. The van der Waals surface area contributed by atoms with E-state index in [9.17, 15) is 9.59 Å². The first-order chi connectivity index (χ1) is 14.9. The molecule has 1 aliphatic rings. The summed E-state index contributed by atoms with van der Waals surface area (Å²) in [6.45, 7) is 4.13. The zero-order valence-corrected chi connectivity index (χ0v) is 18.3. The summed E-state index contributed by atoms with van der Waals surface area (Å²) in [5.41, 5.74) is 1.90. The minimum absolute atomic E-state index is 0.101. The molecule has 0 N–H and O–H groups in total. The van der Waals surface area contributed by atoms with Crippen LogP contribution < -0.4 is 0 Å². The van der Waals surface area contributed by atoms with Crippen molar-refractivity contribution in [2.45, 2.75) is 58.5 Å². The molecule has 0 spiro atoms. The molecule has 3 aromatic heterocycles. The third kappa shape index (κ3) is 4.11. The molecular weight excluding hydrogens is 394 g/mol. The Morgan fingerprint density at radius 2 is 2.10 bits per heavy atom. The van der Waals surface area contributed by atoms with Gasteiger partial charge in [-0.3, -0.25) is 9.48 Å². The van der Waals surface area contributed by atoms with Crippen LogP contribution in [0.5, 0.6) is 0 Å². The van der Waals surface area contributed by atoms with Crippen molar-refractivity contribution in [2.24, 2.45) is 11.3 Å². The molecule has 8 nitrogen and oxygen atoms in total. The molecule has 0 aliphatic heterocycles. The molecule has 1 atom stereocenters. The standard InChI is InChI=1S/C23H29N5O3/c1-23(2,22(30)31-3)15-27-10-8-18-19(13-24-26-21(18)27)17-12-25-28(14-17)20(9-11-29)16-6-4-5-7-16/h8,10-14,16,20H,4-7,9,15H2,1-3H3. The lowest BCUT2D eigenvalue weighted by molar-refractivity contribution is -0.151. The van der Waals surface area contributed by atoms with E-state index in [1.165, 1.54) is 20.0 Å². The number of aromatic nitrogens is 5. The number of carbonyl (C=O) groups excluding carboxylic acids is 2. The molecule has 3 heterocycles. The van der Waals surface area contributed by atoms with E-state index >= 15 is 0 Å². The maximum atomic E-state index is 12.1. The number of methoxy groups -OCH3 is 1. The summed E-state index contributed by atoms with van der Waals surface area (Å²) in [6.07, 6.45) is 13.7. The van der Waals surface area contributed by atoms with Gasteiger partial charge in [-0.2, -0.15) is 10.2 Å². The highest BCUT2D eigenvalue weighted by Crippen LogP contribution is 2.37. The Morgan fingerprint density at radius 3 is 2.81 bits per heavy atom. The molecule has 3 aromatic rings. The zero-order valence-electron chi connectivity index (χ0n) is 18.3. The van der Waals surface area contributed by atoms with Crippen LogP contribution in [-0.4, -0.2) is 43.9 Å². The van der Waals surface area contributed by atoms with Crippen LogP contribution in [0.3, 0.4) is 0 Å². The van der Waals surface area contributed by atoms with Gasteiger partial charge in [0.05, 0.1) is 31.0 Å². The lowest BCUT2D eigenvalue weighted by Crippen LogP contribution is -2.30. The molecule has 8 heteroatoms. The monoisotopic (exact) mass is 423 g/mol. The average Bonchev–Trinajstić information content (AvgIpc) is 3.52. The number of ether oxygens (including phenoxy) is 1. The van der Waals surface area contributed by atoms with Gasteiger partial charge in [0.2, 0.25) is 0 Å². The maximum Gasteiger partial charge on any atom is 0.313 e. The molecule has 0 aromatic carbocycles. The Kier molecular flexibility index (Phi) is 5.89. The van der Waals surface area contributed by atoms with Crippen molar-refractivity contribution in [3.8, 4) is 11.1 Å². The molecule has 164 valence electrons. The second-order valence-corrected chi connectivity index (χ2v) is 9.04. The molecule has 1 fully saturated rings. The van der Waals surface area contributed by atoms with E-state index in [4.69, 9.17) is 4.74 Å². The Balaban J connectivity index is 1.66. The van der Waals surface area contributed by atoms with E-state index in [2.05, 4.69) is 15.3 Å². The minimum atomic E-state index is -0.688. The summed E-state index contributed by atoms with van der Waals surface area (Å²) in [5, 5.41) is 14.1. The molecule has 1 saturated carbocycles. The first kappa shape index (κ1) is 21.2. The average molecular weight is 424 g/mol. The summed E-state index contributed by atoms with van der Waals surface area (Å²) in [7, 11) is 1.40. The van der Waals surface area contributed by atoms with Crippen molar-refractivity contribution in [1.29, 1.82) is 0 Å². The van der Waals surface area contributed by atoms with Crippen LogP contribution in [0, 0.1) is 11.3 Å². The number of hydrogen-bond acceptors (Lipinski definition) is 6. The maximum absolute atomic E-state index is 12.1. The van der Waals surface area contributed by atoms with Gasteiger partial charge in [0.25, 0.3) is 0 Å². The molecule has 0 bridgehead atoms. The highest BCUT2D eigenvalue weighted by atomic mass is 16.5. The second-order valence-electron chi connectivity index (χ2n) is 9.04. The van der Waals surface area contributed by atoms with Gasteiger partial charge in [-0.25, -0.2) is 0 Å². The Labute approximate surface area is 181 Å². The predicted molar refractivity (Wildman–Crippen MR) is 116 cm³/mol. The molecule has 0 saturated heterocycles. The summed E-state index contributed by atoms with van der Waals surface area (Å²) >= 11 is 0. The van der Waals surface area contributed by atoms with Crippen LogP contribution in [0.15, 0.2) is 30.9 Å². The van der Waals surface area contributed by atoms with E-state index in [0.29, 0.717) is 24.5 Å². The van der Waals surface area contributed by atoms with E-state index in [1.807, 2.05) is 47.8 Å². The lowest BCUT2D eigenvalue weighted by Gasteiger charge is -2.22. The predicted octanol–water partition coefficient (Wildman–Crippen LogP) is 3.81. The Morgan fingerprint density at radius 1 is 1.32 bits per heavy atom. The zero-order chi connectivity index (χ0) is 22.0. The third-order valence-electron chi connectivity index (χ3n) is 6.40. The van der Waals surface area contributed by atoms with Crippen LogP contribution >= 0.6 is 0 Å². The second kappa shape index (κ2) is 8.61. The number of rotatable bonds is 8. The quantitative estimate of drug-likeness (QED) is 0.404. The first-order valence-electron chi connectivity index (χ1n) is 10.8. The molecule has 31 heavy (non-hydrogen) atoms. The fraction of sp³-hybridized carbons (Fsp3) is 0.522. The lowest BCUT2D eigenvalue weighted by atomic mass is 9.94. The summed E-state index contributed by atoms with van der Waals surface area (Å²) in [5.74, 6) is 0.225. The van der Waals surface area contributed by atoms with Crippen molar-refractivity contribution < 1.29 is 14.3 Å². The van der Waals surface area contributed by atoms with E-state index in [-0.39, 0.29) is 12.0 Å². The van der Waals surface area contributed by atoms with Crippen LogP contribution in [-0.2, 0) is 20.9 Å². The normalized spacial score (nSPS) is 16.0. The van der Waals surface area contributed by atoms with Gasteiger partial charge in [0.15, 0.2) is 5.65 Å². The Hall–Kier alpha value is -3.03. The summed E-state index contributed by atoms with van der Waals surface area (Å²) in [4.78, 5) is 23.4. The SMILES string of the molecule is COC(=O)C(C)(C)Cn1ccc2c(-c3cnn(C(CC=O)C4CCCC4)c3)cnnc21. The van der Waals surface area contributed by atoms with Gasteiger partial charge in [0.1, 0.15) is 6.29 Å². The topological polar surface area (TPSA) is 91.9 Å². The molecule has 1 aliphatic carbocycles. The van der Waals surface area contributed by atoms with Gasteiger partial charge in [-0.1, -0.05) is 12.8 Å². The van der Waals surface area contributed by atoms with Crippen molar-refractivity contribution in [1.82, 2.24) is 24.5 Å². The van der Waals surface area contributed by atoms with Gasteiger partial charge in [-0.05, 0) is 38.7 Å². The van der Waals surface area contributed by atoms with Crippen LogP contribution in [0.4, 0.5) is 0 Å². The van der Waals surface area contributed by atoms with Gasteiger partial charge in [0, 0.05) is 41.9 Å². The van der Waals surface area contributed by atoms with Gasteiger partial charge >= 0.3 is 5.97 Å². The van der Waals surface area contributed by atoms with Crippen LogP contribution in [0.1, 0.15) is 52.0 Å². The number of carbonyl (C=O) groups is 2.